The van der Waals surface area contributed by atoms with Crippen molar-refractivity contribution in [2.24, 2.45) is 0 Å². The third-order valence-electron chi connectivity index (χ3n) is 6.81. The van der Waals surface area contributed by atoms with Gasteiger partial charge in [-0.05, 0) is 46.2 Å². The number of fused-ring (bicyclic) bond motifs is 1. The van der Waals surface area contributed by atoms with Crippen LogP contribution in [-0.4, -0.2) is 80.8 Å². The molecule has 0 spiro atoms. The molecule has 0 radical (unpaired) electrons. The van der Waals surface area contributed by atoms with Crippen LogP contribution in [0.5, 0.6) is 0 Å². The SMILES string of the molecule is CCCCCCCCCCOCC12OC(CN3CCCC3)C(OC(=O)NC)C1OC(C)(C)O2. The van der Waals surface area contributed by atoms with Crippen LogP contribution in [0.25, 0.3) is 0 Å². The number of unbranched alkanes of at least 4 members (excludes halogenated alkanes) is 7. The molecule has 3 rings (SSSR count). The number of hydrogen-bond acceptors (Lipinski definition) is 7. The quantitative estimate of drug-likeness (QED) is 0.381. The predicted molar refractivity (Wildman–Crippen MR) is 126 cm³/mol. The van der Waals surface area contributed by atoms with E-state index < -0.39 is 29.9 Å². The Kier molecular flexibility index (Phi) is 10.2. The third-order valence-corrected chi connectivity index (χ3v) is 6.81. The smallest absolute Gasteiger partial charge is 0.407 e. The van der Waals surface area contributed by atoms with Crippen LogP contribution in [0.15, 0.2) is 0 Å². The summed E-state index contributed by atoms with van der Waals surface area (Å²) in [7, 11) is 1.56. The average Bonchev–Trinajstić information content (AvgIpc) is 3.44. The maximum Gasteiger partial charge on any atom is 0.407 e. The molecular weight excluding hydrogens is 424 g/mol. The van der Waals surface area contributed by atoms with Crippen LogP contribution in [0.4, 0.5) is 4.79 Å². The normalized spacial score (nSPS) is 31.1. The van der Waals surface area contributed by atoms with Gasteiger partial charge in [0.2, 0.25) is 5.79 Å². The van der Waals surface area contributed by atoms with Gasteiger partial charge in [0, 0.05) is 20.2 Å². The molecule has 192 valence electrons. The van der Waals surface area contributed by atoms with E-state index in [0.29, 0.717) is 13.2 Å². The molecule has 0 aromatic rings. The van der Waals surface area contributed by atoms with E-state index in [0.717, 1.165) is 19.5 Å². The molecule has 1 amide bonds. The number of ether oxygens (including phenoxy) is 5. The van der Waals surface area contributed by atoms with Crippen molar-refractivity contribution in [1.29, 1.82) is 0 Å². The molecule has 3 aliphatic rings. The summed E-state index contributed by atoms with van der Waals surface area (Å²) < 4.78 is 30.8. The molecule has 33 heavy (non-hydrogen) atoms. The Balaban J connectivity index is 1.53. The second kappa shape index (κ2) is 12.7. The molecule has 0 bridgehead atoms. The summed E-state index contributed by atoms with van der Waals surface area (Å²) in [6.45, 7) is 9.65. The molecule has 0 saturated carbocycles. The topological polar surface area (TPSA) is 78.5 Å². The van der Waals surface area contributed by atoms with Crippen LogP contribution >= 0.6 is 0 Å². The van der Waals surface area contributed by atoms with Crippen molar-refractivity contribution in [2.75, 3.05) is 39.9 Å². The van der Waals surface area contributed by atoms with Gasteiger partial charge in [0.15, 0.2) is 18.0 Å². The summed E-state index contributed by atoms with van der Waals surface area (Å²) in [4.78, 5) is 14.5. The van der Waals surface area contributed by atoms with Gasteiger partial charge in [0.05, 0.1) is 0 Å². The Morgan fingerprint density at radius 2 is 1.70 bits per heavy atom. The summed E-state index contributed by atoms with van der Waals surface area (Å²) in [5.41, 5.74) is 0. The first-order valence-electron chi connectivity index (χ1n) is 13.1. The Morgan fingerprint density at radius 3 is 2.36 bits per heavy atom. The average molecular weight is 471 g/mol. The number of nitrogens with one attached hydrogen (secondary N) is 1. The molecule has 0 aromatic carbocycles. The molecule has 4 atom stereocenters. The molecule has 3 fully saturated rings. The largest absolute Gasteiger partial charge is 0.440 e. The number of rotatable bonds is 14. The maximum atomic E-state index is 12.1. The number of hydrogen-bond donors (Lipinski definition) is 1. The van der Waals surface area contributed by atoms with Crippen LogP contribution in [0.1, 0.15) is 85.0 Å². The fourth-order valence-corrected chi connectivity index (χ4v) is 5.20. The lowest BCUT2D eigenvalue weighted by atomic mass is 10.0. The predicted octanol–water partition coefficient (Wildman–Crippen LogP) is 4.21. The number of alkyl carbamates (subject to hydrolysis) is 1. The Bertz CT molecular complexity index is 597. The standard InChI is InChI=1S/C25H46N2O6/c1-5-6-7-8-9-10-11-14-17-29-19-25-22(32-24(2,3)33-25)21(30-23(28)26-4)20(31-25)18-27-15-12-13-16-27/h20-22H,5-19H2,1-4H3,(H,26,28). The summed E-state index contributed by atoms with van der Waals surface area (Å²) in [5, 5.41) is 2.55. The van der Waals surface area contributed by atoms with Crippen molar-refractivity contribution in [1.82, 2.24) is 10.2 Å². The monoisotopic (exact) mass is 470 g/mol. The summed E-state index contributed by atoms with van der Waals surface area (Å²) in [5.74, 6) is -1.90. The van der Waals surface area contributed by atoms with Gasteiger partial charge >= 0.3 is 6.09 Å². The first-order chi connectivity index (χ1) is 15.9. The zero-order chi connectivity index (χ0) is 23.7. The highest BCUT2D eigenvalue weighted by Crippen LogP contribution is 2.47. The minimum atomic E-state index is -1.06. The Hall–Kier alpha value is -0.930. The molecule has 3 aliphatic heterocycles. The first-order valence-corrected chi connectivity index (χ1v) is 13.1. The van der Waals surface area contributed by atoms with E-state index in [1.807, 2.05) is 13.8 Å². The van der Waals surface area contributed by atoms with Crippen LogP contribution in [0, 0.1) is 0 Å². The van der Waals surface area contributed by atoms with Gasteiger partial charge in [-0.1, -0.05) is 51.9 Å². The molecule has 3 saturated heterocycles. The molecule has 8 heteroatoms. The van der Waals surface area contributed by atoms with Gasteiger partial charge in [-0.3, -0.25) is 0 Å². The molecule has 4 unspecified atom stereocenters. The lowest BCUT2D eigenvalue weighted by molar-refractivity contribution is -0.279. The van der Waals surface area contributed by atoms with E-state index in [-0.39, 0.29) is 12.7 Å². The molecule has 8 nitrogen and oxygen atoms in total. The summed E-state index contributed by atoms with van der Waals surface area (Å²) in [6, 6.07) is 0. The van der Waals surface area contributed by atoms with Crippen molar-refractivity contribution in [3.8, 4) is 0 Å². The Labute approximate surface area is 200 Å². The van der Waals surface area contributed by atoms with Crippen LogP contribution < -0.4 is 5.32 Å². The molecule has 0 aliphatic carbocycles. The van der Waals surface area contributed by atoms with E-state index in [9.17, 15) is 4.79 Å². The van der Waals surface area contributed by atoms with E-state index in [1.54, 1.807) is 7.05 Å². The lowest BCUT2D eigenvalue weighted by Gasteiger charge is -2.30. The lowest BCUT2D eigenvalue weighted by Crippen LogP contribution is -2.46. The van der Waals surface area contributed by atoms with Gasteiger partial charge in [-0.25, -0.2) is 4.79 Å². The van der Waals surface area contributed by atoms with Crippen molar-refractivity contribution in [2.45, 2.75) is 115 Å². The summed E-state index contributed by atoms with van der Waals surface area (Å²) >= 11 is 0. The van der Waals surface area contributed by atoms with Crippen molar-refractivity contribution < 1.29 is 28.5 Å². The van der Waals surface area contributed by atoms with Crippen molar-refractivity contribution in [3.63, 3.8) is 0 Å². The number of carbonyl (C=O) groups excluding carboxylic acids is 1. The van der Waals surface area contributed by atoms with E-state index in [4.69, 9.17) is 23.7 Å². The molecular formula is C25H46N2O6. The maximum absolute atomic E-state index is 12.1. The van der Waals surface area contributed by atoms with Gasteiger partial charge in [-0.15, -0.1) is 0 Å². The third kappa shape index (κ3) is 7.52. The minimum absolute atomic E-state index is 0.266. The number of carbonyl (C=O) groups is 1. The van der Waals surface area contributed by atoms with Crippen LogP contribution in [0.2, 0.25) is 0 Å². The van der Waals surface area contributed by atoms with Crippen molar-refractivity contribution >= 4 is 6.09 Å². The van der Waals surface area contributed by atoms with Crippen LogP contribution in [0.3, 0.4) is 0 Å². The first kappa shape index (κ1) is 26.7. The van der Waals surface area contributed by atoms with Gasteiger partial charge in [-0.2, -0.15) is 0 Å². The Morgan fingerprint density at radius 1 is 1.03 bits per heavy atom. The van der Waals surface area contributed by atoms with E-state index in [2.05, 4.69) is 17.1 Å². The molecule has 1 N–H and O–H groups in total. The van der Waals surface area contributed by atoms with Gasteiger partial charge in [0.25, 0.3) is 0 Å². The highest BCUT2D eigenvalue weighted by Gasteiger charge is 2.66. The fourth-order valence-electron chi connectivity index (χ4n) is 5.20. The highest BCUT2D eigenvalue weighted by molar-refractivity contribution is 5.67. The van der Waals surface area contributed by atoms with Gasteiger partial charge < -0.3 is 33.9 Å². The highest BCUT2D eigenvalue weighted by atomic mass is 16.9. The van der Waals surface area contributed by atoms with Crippen molar-refractivity contribution in [3.05, 3.63) is 0 Å². The number of nitrogens with zero attached hydrogens (tertiary/aromatic N) is 1. The number of amides is 1. The summed E-state index contributed by atoms with van der Waals surface area (Å²) in [6.07, 6.45) is 10.5. The molecule has 3 heterocycles. The second-order valence-electron chi connectivity index (χ2n) is 10.2. The van der Waals surface area contributed by atoms with E-state index in [1.165, 1.54) is 57.8 Å². The zero-order valence-corrected chi connectivity index (χ0v) is 21.2. The number of likely N-dealkylation sites (tertiary alicyclic amines) is 1. The fraction of sp³-hybridized carbons (Fsp3) is 0.960. The van der Waals surface area contributed by atoms with Crippen LogP contribution in [-0.2, 0) is 23.7 Å². The second-order valence-corrected chi connectivity index (χ2v) is 10.2. The molecule has 0 aromatic heterocycles. The zero-order valence-electron chi connectivity index (χ0n) is 21.2. The minimum Gasteiger partial charge on any atom is -0.440 e. The van der Waals surface area contributed by atoms with E-state index >= 15 is 0 Å². The van der Waals surface area contributed by atoms with Gasteiger partial charge in [0.1, 0.15) is 12.7 Å².